The molecule has 8 heteroatoms. The Kier molecular flexibility index (Phi) is 8.82. The van der Waals surface area contributed by atoms with E-state index in [1.165, 1.54) is 0 Å². The van der Waals surface area contributed by atoms with E-state index in [1.54, 1.807) is 0 Å². The van der Waals surface area contributed by atoms with Gasteiger partial charge in [0.25, 0.3) is 10.1 Å². The second-order valence-electron chi connectivity index (χ2n) is 11.8. The zero-order valence-corrected chi connectivity index (χ0v) is 21.4. The van der Waals surface area contributed by atoms with Crippen LogP contribution in [0.2, 0.25) is 0 Å². The van der Waals surface area contributed by atoms with Crippen LogP contribution in [0, 0.1) is 22.7 Å². The molecule has 0 aromatic carbocycles. The summed E-state index contributed by atoms with van der Waals surface area (Å²) in [6.07, 6.45) is 5.19. The van der Waals surface area contributed by atoms with Crippen LogP contribution < -0.4 is 0 Å². The first-order valence-electron chi connectivity index (χ1n) is 11.9. The first kappa shape index (κ1) is 27.1. The van der Waals surface area contributed by atoms with Crippen LogP contribution in [0.5, 0.6) is 0 Å². The molecule has 32 heavy (non-hydrogen) atoms. The summed E-state index contributed by atoms with van der Waals surface area (Å²) in [7, 11) is -4.80. The summed E-state index contributed by atoms with van der Waals surface area (Å²) >= 11 is 0. The van der Waals surface area contributed by atoms with E-state index in [9.17, 15) is 22.6 Å². The molecule has 5 atom stereocenters. The first-order valence-corrected chi connectivity index (χ1v) is 13.4. The second-order valence-corrected chi connectivity index (χ2v) is 13.4. The van der Waals surface area contributed by atoms with Crippen LogP contribution in [-0.4, -0.2) is 42.4 Å². The molecule has 0 bridgehead atoms. The molecule has 0 amide bonds. The molecular formula is C24H42O7S. The van der Waals surface area contributed by atoms with E-state index in [0.29, 0.717) is 31.1 Å². The van der Waals surface area contributed by atoms with Crippen molar-refractivity contribution in [2.24, 2.45) is 22.7 Å². The van der Waals surface area contributed by atoms with Crippen molar-refractivity contribution in [1.82, 2.24) is 0 Å². The molecule has 7 nitrogen and oxygen atoms in total. The summed E-state index contributed by atoms with van der Waals surface area (Å²) in [5.74, 6) is -1.11. The maximum atomic E-state index is 12.7. The predicted molar refractivity (Wildman–Crippen MR) is 123 cm³/mol. The molecule has 0 aromatic heterocycles. The number of rotatable bonds is 6. The summed E-state index contributed by atoms with van der Waals surface area (Å²) in [4.78, 5) is 25.2. The number of carbonyl (C=O) groups excluding carboxylic acids is 2. The van der Waals surface area contributed by atoms with Gasteiger partial charge in [0.2, 0.25) is 0 Å². The van der Waals surface area contributed by atoms with Gasteiger partial charge >= 0.3 is 11.9 Å². The van der Waals surface area contributed by atoms with Crippen molar-refractivity contribution in [3.8, 4) is 0 Å². The topological polar surface area (TPSA) is 107 Å². The molecule has 2 fully saturated rings. The molecule has 0 radical (unpaired) electrons. The van der Waals surface area contributed by atoms with Gasteiger partial charge in [-0.05, 0) is 74.0 Å². The second kappa shape index (κ2) is 10.4. The maximum absolute atomic E-state index is 12.7. The number of hydrogen-bond acceptors (Lipinski definition) is 6. The molecule has 2 rings (SSSR count). The van der Waals surface area contributed by atoms with Gasteiger partial charge in [-0.25, -0.2) is 0 Å². The van der Waals surface area contributed by atoms with Crippen molar-refractivity contribution < 1.29 is 32.0 Å². The van der Waals surface area contributed by atoms with Crippen LogP contribution >= 0.6 is 0 Å². The van der Waals surface area contributed by atoms with E-state index < -0.39 is 39.8 Å². The first-order chi connectivity index (χ1) is 14.6. The Morgan fingerprint density at radius 3 is 1.69 bits per heavy atom. The molecule has 1 N–H and O–H groups in total. The minimum absolute atomic E-state index is 0.0578. The predicted octanol–water partition coefficient (Wildman–Crippen LogP) is 4.93. The summed E-state index contributed by atoms with van der Waals surface area (Å²) < 4.78 is 44.4. The Bertz CT molecular complexity index is 760. The summed E-state index contributed by atoms with van der Waals surface area (Å²) in [5.41, 5.74) is 0.152. The van der Waals surface area contributed by atoms with Crippen LogP contribution in [0.25, 0.3) is 0 Å². The van der Waals surface area contributed by atoms with Crippen molar-refractivity contribution in [3.05, 3.63) is 0 Å². The highest BCUT2D eigenvalue weighted by Crippen LogP contribution is 2.40. The van der Waals surface area contributed by atoms with Crippen LogP contribution in [0.4, 0.5) is 0 Å². The Labute approximate surface area is 193 Å². The molecule has 5 unspecified atom stereocenters. The van der Waals surface area contributed by atoms with Gasteiger partial charge in [-0.3, -0.25) is 14.1 Å². The fraction of sp³-hybridized carbons (Fsp3) is 0.917. The fourth-order valence-corrected chi connectivity index (χ4v) is 5.66. The van der Waals surface area contributed by atoms with Crippen LogP contribution in [0.3, 0.4) is 0 Å². The number of esters is 2. The van der Waals surface area contributed by atoms with Crippen molar-refractivity contribution in [2.45, 2.75) is 117 Å². The summed E-state index contributed by atoms with van der Waals surface area (Å²) in [5, 5.41) is -1.95. The molecule has 2 saturated carbocycles. The third kappa shape index (κ3) is 8.01. The number of ether oxygens (including phenoxy) is 2. The number of hydrogen-bond donors (Lipinski definition) is 1. The molecule has 0 saturated heterocycles. The molecule has 186 valence electrons. The average Bonchev–Trinajstić information content (AvgIpc) is 2.64. The third-order valence-corrected chi connectivity index (χ3v) is 8.34. The van der Waals surface area contributed by atoms with Gasteiger partial charge < -0.3 is 9.47 Å². The SMILES string of the molecule is CC(C)(C)C1CCCC(OC(=O)CC(C(=O)OC2CCCC(C(C)(C)C)C2)S(=O)(=O)O)C1. The van der Waals surface area contributed by atoms with E-state index >= 15 is 0 Å². The molecule has 0 aromatic rings. The van der Waals surface area contributed by atoms with Crippen LogP contribution in [0.15, 0.2) is 0 Å². The monoisotopic (exact) mass is 474 g/mol. The lowest BCUT2D eigenvalue weighted by molar-refractivity contribution is -0.158. The largest absolute Gasteiger partial charge is 0.462 e. The third-order valence-electron chi connectivity index (χ3n) is 7.26. The van der Waals surface area contributed by atoms with Crippen LogP contribution in [0.1, 0.15) is 99.3 Å². The normalized spacial score (nSPS) is 28.6. The Balaban J connectivity index is 1.98. The van der Waals surface area contributed by atoms with Gasteiger partial charge in [0.15, 0.2) is 5.25 Å². The quantitative estimate of drug-likeness (QED) is 0.430. The molecule has 0 heterocycles. The van der Waals surface area contributed by atoms with E-state index in [1.807, 2.05) is 0 Å². The average molecular weight is 475 g/mol. The molecule has 0 aliphatic heterocycles. The highest BCUT2D eigenvalue weighted by atomic mass is 32.2. The van der Waals surface area contributed by atoms with E-state index in [4.69, 9.17) is 9.47 Å². The standard InChI is InChI=1S/C24H42O7S/c1-23(2,3)16-9-7-11-18(13-16)30-21(25)15-20(32(27,28)29)22(26)31-19-12-8-10-17(14-19)24(4,5)6/h16-20H,7-15H2,1-6H3,(H,27,28,29). The lowest BCUT2D eigenvalue weighted by Crippen LogP contribution is -2.39. The minimum Gasteiger partial charge on any atom is -0.462 e. The lowest BCUT2D eigenvalue weighted by Gasteiger charge is -2.37. The molecule has 2 aliphatic carbocycles. The zero-order chi connectivity index (χ0) is 24.3. The van der Waals surface area contributed by atoms with Crippen molar-refractivity contribution in [2.75, 3.05) is 0 Å². The van der Waals surface area contributed by atoms with E-state index in [-0.39, 0.29) is 16.9 Å². The van der Waals surface area contributed by atoms with Gasteiger partial charge in [0, 0.05) is 0 Å². The minimum atomic E-state index is -4.80. The van der Waals surface area contributed by atoms with E-state index in [0.717, 1.165) is 32.1 Å². The van der Waals surface area contributed by atoms with E-state index in [2.05, 4.69) is 41.5 Å². The smallest absolute Gasteiger partial charge is 0.327 e. The summed E-state index contributed by atoms with van der Waals surface area (Å²) in [6.45, 7) is 12.9. The van der Waals surface area contributed by atoms with Crippen molar-refractivity contribution in [3.63, 3.8) is 0 Å². The lowest BCUT2D eigenvalue weighted by atomic mass is 9.71. The molecular weight excluding hydrogens is 432 g/mol. The fourth-order valence-electron chi connectivity index (χ4n) is 5.01. The van der Waals surface area contributed by atoms with Crippen LogP contribution in [-0.2, 0) is 29.2 Å². The van der Waals surface area contributed by atoms with Gasteiger partial charge in [0.05, 0.1) is 6.42 Å². The van der Waals surface area contributed by atoms with Gasteiger partial charge in [-0.2, -0.15) is 8.42 Å². The van der Waals surface area contributed by atoms with Crippen molar-refractivity contribution in [1.29, 1.82) is 0 Å². The zero-order valence-electron chi connectivity index (χ0n) is 20.6. The Hall–Kier alpha value is -1.15. The highest BCUT2D eigenvalue weighted by molar-refractivity contribution is 7.87. The number of carbonyl (C=O) groups is 2. The van der Waals surface area contributed by atoms with Gasteiger partial charge in [-0.15, -0.1) is 0 Å². The maximum Gasteiger partial charge on any atom is 0.327 e. The van der Waals surface area contributed by atoms with Gasteiger partial charge in [0.1, 0.15) is 12.2 Å². The molecule has 2 aliphatic rings. The Morgan fingerprint density at radius 2 is 1.28 bits per heavy atom. The van der Waals surface area contributed by atoms with Gasteiger partial charge in [-0.1, -0.05) is 41.5 Å². The molecule has 0 spiro atoms. The summed E-state index contributed by atoms with van der Waals surface area (Å²) in [6, 6.07) is 0. The Morgan fingerprint density at radius 1 is 0.844 bits per heavy atom. The highest BCUT2D eigenvalue weighted by Gasteiger charge is 2.40. The van der Waals surface area contributed by atoms with Crippen molar-refractivity contribution >= 4 is 22.1 Å².